The molecule has 35 heavy (non-hydrogen) atoms. The minimum absolute atomic E-state index is 0.0114. The molecule has 1 aliphatic heterocycles. The Labute approximate surface area is 205 Å². The molecule has 2 unspecified atom stereocenters. The lowest BCUT2D eigenvalue weighted by Crippen LogP contribution is -2.45. The van der Waals surface area contributed by atoms with Crippen LogP contribution in [0.15, 0.2) is 46.5 Å². The first-order valence-corrected chi connectivity index (χ1v) is 12.3. The second-order valence-electron chi connectivity index (χ2n) is 7.43. The maximum Gasteiger partial charge on any atom is 0.339 e. The maximum absolute atomic E-state index is 13.2. The number of nitrogens with zero attached hydrogens (tertiary/aromatic N) is 2. The number of methoxy groups -OCH3 is 1. The summed E-state index contributed by atoms with van der Waals surface area (Å²) >= 11 is 0. The Morgan fingerprint density at radius 2 is 1.74 bits per heavy atom. The Kier molecular flexibility index (Phi) is 11.1. The maximum atomic E-state index is 13.2. The minimum Gasteiger partial charge on any atom is -0.466 e. The predicted molar refractivity (Wildman–Crippen MR) is 129 cm³/mol. The van der Waals surface area contributed by atoms with Gasteiger partial charge < -0.3 is 23.5 Å². The second kappa shape index (κ2) is 13.5. The van der Waals surface area contributed by atoms with E-state index >= 15 is 0 Å². The van der Waals surface area contributed by atoms with Gasteiger partial charge in [0.2, 0.25) is 0 Å². The molecule has 0 aliphatic carbocycles. The normalized spacial score (nSPS) is 18.6. The highest BCUT2D eigenvalue weighted by atomic mass is 31.1. The van der Waals surface area contributed by atoms with E-state index in [0.29, 0.717) is 31.2 Å². The number of nitro groups is 1. The first kappa shape index (κ1) is 28.7. The standard InChI is InChI=1S/C23H33N2O9P/c1-6-31-11-13-33-23(18-9-8-10-19(15-18)25(27)28)20(22(26)30-5)16(3)24(17(4)21(23)35-29)34-14-12-32-7-2/h8-10,15H,6-7,11-14,35H2,1-5H3. The van der Waals surface area contributed by atoms with Crippen LogP contribution >= 0.6 is 8.46 Å². The van der Waals surface area contributed by atoms with Crippen molar-refractivity contribution < 1.29 is 38.1 Å². The van der Waals surface area contributed by atoms with Crippen LogP contribution in [0.5, 0.6) is 0 Å². The van der Waals surface area contributed by atoms with Crippen molar-refractivity contribution in [3.8, 4) is 0 Å². The molecule has 0 fully saturated rings. The van der Waals surface area contributed by atoms with Crippen molar-refractivity contribution in [2.45, 2.75) is 33.3 Å². The summed E-state index contributed by atoms with van der Waals surface area (Å²) < 4.78 is 34.9. The van der Waals surface area contributed by atoms with E-state index in [0.717, 1.165) is 0 Å². The largest absolute Gasteiger partial charge is 0.466 e. The number of carbonyl (C=O) groups is 1. The van der Waals surface area contributed by atoms with E-state index in [4.69, 9.17) is 23.8 Å². The van der Waals surface area contributed by atoms with Crippen LogP contribution in [0.1, 0.15) is 33.3 Å². The molecule has 12 heteroatoms. The fourth-order valence-corrected chi connectivity index (χ4v) is 4.81. The molecule has 0 bridgehead atoms. The molecular formula is C23H33N2O9P. The van der Waals surface area contributed by atoms with Gasteiger partial charge in [-0.15, -0.1) is 0 Å². The van der Waals surface area contributed by atoms with Gasteiger partial charge in [-0.25, -0.2) is 9.86 Å². The van der Waals surface area contributed by atoms with Crippen molar-refractivity contribution in [1.82, 2.24) is 5.06 Å². The molecule has 0 saturated heterocycles. The lowest BCUT2D eigenvalue weighted by atomic mass is 9.81. The van der Waals surface area contributed by atoms with Gasteiger partial charge in [0.15, 0.2) is 5.60 Å². The van der Waals surface area contributed by atoms with Crippen LogP contribution in [0.25, 0.3) is 0 Å². The number of hydroxylamine groups is 2. The van der Waals surface area contributed by atoms with Gasteiger partial charge in [-0.2, -0.15) is 0 Å². The molecule has 1 aliphatic rings. The van der Waals surface area contributed by atoms with Crippen LogP contribution in [0.2, 0.25) is 0 Å². The third-order valence-corrected chi connectivity index (χ3v) is 6.53. The van der Waals surface area contributed by atoms with Crippen LogP contribution in [0, 0.1) is 10.1 Å². The lowest BCUT2D eigenvalue weighted by Gasteiger charge is -2.44. The van der Waals surface area contributed by atoms with Crippen LogP contribution in [0.4, 0.5) is 5.69 Å². The molecule has 2 rings (SSSR count). The van der Waals surface area contributed by atoms with Crippen LogP contribution < -0.4 is 0 Å². The van der Waals surface area contributed by atoms with E-state index in [1.807, 2.05) is 13.8 Å². The summed E-state index contributed by atoms with van der Waals surface area (Å²) in [5, 5.41) is 13.2. The van der Waals surface area contributed by atoms with Crippen LogP contribution in [0.3, 0.4) is 0 Å². The predicted octanol–water partition coefficient (Wildman–Crippen LogP) is 3.56. The van der Waals surface area contributed by atoms with Gasteiger partial charge in [0.05, 0.1) is 63.9 Å². The van der Waals surface area contributed by atoms with E-state index in [2.05, 4.69) is 0 Å². The zero-order chi connectivity index (χ0) is 26.0. The molecule has 11 nitrogen and oxygen atoms in total. The van der Waals surface area contributed by atoms with Gasteiger partial charge in [0.25, 0.3) is 5.69 Å². The molecule has 0 saturated carbocycles. The number of non-ortho nitro benzene ring substituents is 1. The molecule has 194 valence electrons. The summed E-state index contributed by atoms with van der Waals surface area (Å²) in [6.45, 7) is 8.67. The molecule has 0 N–H and O–H groups in total. The van der Waals surface area contributed by atoms with E-state index in [-0.39, 0.29) is 42.0 Å². The van der Waals surface area contributed by atoms with Gasteiger partial charge in [-0.3, -0.25) is 15.0 Å². The van der Waals surface area contributed by atoms with Crippen molar-refractivity contribution >= 4 is 20.1 Å². The highest BCUT2D eigenvalue weighted by Gasteiger charge is 2.51. The molecular weight excluding hydrogens is 479 g/mol. The smallest absolute Gasteiger partial charge is 0.339 e. The third kappa shape index (κ3) is 6.17. The van der Waals surface area contributed by atoms with Gasteiger partial charge in [-0.1, -0.05) is 12.1 Å². The average Bonchev–Trinajstić information content (AvgIpc) is 2.85. The number of hydrogen-bond acceptors (Lipinski definition) is 10. The fourth-order valence-electron chi connectivity index (χ4n) is 3.96. The van der Waals surface area contributed by atoms with Gasteiger partial charge in [0, 0.05) is 36.2 Å². The summed E-state index contributed by atoms with van der Waals surface area (Å²) in [7, 11) is -0.447. The minimum atomic E-state index is -1.71. The van der Waals surface area contributed by atoms with Crippen molar-refractivity contribution in [1.29, 1.82) is 0 Å². The molecule has 2 atom stereocenters. The van der Waals surface area contributed by atoms with Crippen molar-refractivity contribution in [2.75, 3.05) is 46.8 Å². The van der Waals surface area contributed by atoms with Gasteiger partial charge in [-0.05, 0) is 27.7 Å². The molecule has 1 aromatic carbocycles. The SMILES string of the molecule is CCOCCON1C(C)=C([PH2]=O)C(OCCOCC)(c2cccc([N+](=O)[O-])c2)C(C(=O)OC)=C1C. The van der Waals surface area contributed by atoms with Crippen LogP contribution in [-0.2, 0) is 38.7 Å². The number of benzene rings is 1. The lowest BCUT2D eigenvalue weighted by molar-refractivity contribution is -0.385. The number of esters is 1. The summed E-state index contributed by atoms with van der Waals surface area (Å²) in [5.74, 6) is -0.748. The number of rotatable bonds is 14. The Balaban J connectivity index is 2.79. The Hall–Kier alpha value is -2.56. The third-order valence-electron chi connectivity index (χ3n) is 5.47. The summed E-state index contributed by atoms with van der Waals surface area (Å²) in [5.41, 5.74) is -0.844. The van der Waals surface area contributed by atoms with E-state index in [1.54, 1.807) is 19.9 Å². The van der Waals surface area contributed by atoms with Crippen molar-refractivity contribution in [3.63, 3.8) is 0 Å². The van der Waals surface area contributed by atoms with Gasteiger partial charge >= 0.3 is 5.97 Å². The summed E-state index contributed by atoms with van der Waals surface area (Å²) in [4.78, 5) is 30.1. The number of carbonyl (C=O) groups excluding carboxylic acids is 1. The molecule has 1 heterocycles. The van der Waals surface area contributed by atoms with Crippen molar-refractivity contribution in [2.24, 2.45) is 0 Å². The summed E-state index contributed by atoms with van der Waals surface area (Å²) in [6, 6.07) is 5.73. The second-order valence-corrected chi connectivity index (χ2v) is 8.24. The Morgan fingerprint density at radius 1 is 1.09 bits per heavy atom. The number of allylic oxidation sites excluding steroid dienone is 2. The highest BCUT2D eigenvalue weighted by Crippen LogP contribution is 2.52. The Bertz CT molecular complexity index is 995. The number of hydrogen-bond donors (Lipinski definition) is 0. The molecule has 0 amide bonds. The highest BCUT2D eigenvalue weighted by molar-refractivity contribution is 7.29. The first-order chi connectivity index (χ1) is 16.8. The average molecular weight is 512 g/mol. The zero-order valence-electron chi connectivity index (χ0n) is 20.7. The monoisotopic (exact) mass is 512 g/mol. The Morgan fingerprint density at radius 3 is 2.31 bits per heavy atom. The van der Waals surface area contributed by atoms with Crippen LogP contribution in [-0.4, -0.2) is 62.7 Å². The van der Waals surface area contributed by atoms with Crippen molar-refractivity contribution in [3.05, 3.63) is 62.2 Å². The topological polar surface area (TPSA) is 127 Å². The zero-order valence-corrected chi connectivity index (χ0v) is 21.9. The summed E-state index contributed by atoms with van der Waals surface area (Å²) in [6.07, 6.45) is 0. The number of ether oxygens (including phenoxy) is 4. The van der Waals surface area contributed by atoms with E-state index in [9.17, 15) is 19.5 Å². The van der Waals surface area contributed by atoms with E-state index < -0.39 is 25.0 Å². The quantitative estimate of drug-likeness (QED) is 0.120. The molecule has 0 radical (unpaired) electrons. The number of nitro benzene ring substituents is 1. The fraction of sp³-hybridized carbons (Fsp3) is 0.522. The molecule has 0 spiro atoms. The first-order valence-electron chi connectivity index (χ1n) is 11.2. The molecule has 1 aromatic rings. The van der Waals surface area contributed by atoms with Gasteiger partial charge in [0.1, 0.15) is 0 Å². The van der Waals surface area contributed by atoms with E-state index in [1.165, 1.54) is 30.4 Å². The molecule has 0 aromatic heterocycles.